The summed E-state index contributed by atoms with van der Waals surface area (Å²) in [6.07, 6.45) is 1.63. The van der Waals surface area contributed by atoms with Crippen LogP contribution in [0.15, 0.2) is 15.3 Å². The Morgan fingerprint density at radius 1 is 1.47 bits per heavy atom. The van der Waals surface area contributed by atoms with Gasteiger partial charge in [0, 0.05) is 6.42 Å². The molecule has 1 aromatic heterocycles. The number of aromatic hydroxyl groups is 2. The summed E-state index contributed by atoms with van der Waals surface area (Å²) in [5.41, 5.74) is -1.39. The summed E-state index contributed by atoms with van der Waals surface area (Å²) >= 11 is 0. The molecule has 0 amide bonds. The molecule has 0 saturated carbocycles. The average Bonchev–Trinajstić information content (AvgIpc) is 2.12. The third kappa shape index (κ3) is 2.59. The first-order valence-electron chi connectivity index (χ1n) is 4.65. The quantitative estimate of drug-likeness (QED) is 0.737. The highest BCUT2D eigenvalue weighted by Crippen LogP contribution is 2.20. The third-order valence-electron chi connectivity index (χ3n) is 1.95. The predicted molar refractivity (Wildman–Crippen MR) is 52.2 cm³/mol. The Kier molecular flexibility index (Phi) is 3.49. The largest absolute Gasteiger partial charge is 0.507 e. The predicted octanol–water partition coefficient (Wildman–Crippen LogP) is 1.42. The van der Waals surface area contributed by atoms with Crippen molar-refractivity contribution < 1.29 is 19.4 Å². The standard InChI is InChI=1S/C10H12O5/c1-2-3-4-6(11)9-7(12)5-8(13)15-10(9)14/h5,12-13H,2-4H2,1H3. The smallest absolute Gasteiger partial charge is 0.353 e. The molecule has 1 rings (SSSR count). The van der Waals surface area contributed by atoms with E-state index in [9.17, 15) is 14.7 Å². The molecule has 0 saturated heterocycles. The summed E-state index contributed by atoms with van der Waals surface area (Å²) in [5, 5.41) is 18.1. The fourth-order valence-electron chi connectivity index (χ4n) is 1.19. The lowest BCUT2D eigenvalue weighted by atomic mass is 10.1. The Balaban J connectivity index is 3.04. The van der Waals surface area contributed by atoms with E-state index >= 15 is 0 Å². The SMILES string of the molecule is CCCCC(=O)c1c(O)cc(O)oc1=O. The number of hydrogen-bond acceptors (Lipinski definition) is 5. The number of ketones is 1. The van der Waals surface area contributed by atoms with Gasteiger partial charge in [0.2, 0.25) is 0 Å². The highest BCUT2D eigenvalue weighted by atomic mass is 16.5. The third-order valence-corrected chi connectivity index (χ3v) is 1.95. The van der Waals surface area contributed by atoms with Crippen molar-refractivity contribution in [1.29, 1.82) is 0 Å². The fraction of sp³-hybridized carbons (Fsp3) is 0.400. The highest BCUT2D eigenvalue weighted by molar-refractivity contribution is 5.98. The maximum atomic E-state index is 11.5. The van der Waals surface area contributed by atoms with Gasteiger partial charge >= 0.3 is 5.63 Å². The molecule has 5 heteroatoms. The molecule has 0 aliphatic rings. The minimum absolute atomic E-state index is 0.180. The van der Waals surface area contributed by atoms with Gasteiger partial charge in [-0.25, -0.2) is 4.79 Å². The van der Waals surface area contributed by atoms with E-state index in [-0.39, 0.29) is 12.0 Å². The van der Waals surface area contributed by atoms with Gasteiger partial charge in [-0.1, -0.05) is 13.3 Å². The molecule has 2 N–H and O–H groups in total. The molecule has 1 heterocycles. The second-order valence-corrected chi connectivity index (χ2v) is 3.16. The average molecular weight is 212 g/mol. The molecule has 0 fully saturated rings. The lowest BCUT2D eigenvalue weighted by Gasteiger charge is -2.01. The lowest BCUT2D eigenvalue weighted by Crippen LogP contribution is -2.13. The normalized spacial score (nSPS) is 10.2. The molecule has 5 nitrogen and oxygen atoms in total. The van der Waals surface area contributed by atoms with E-state index in [1.807, 2.05) is 6.92 Å². The topological polar surface area (TPSA) is 87.7 Å². The molecule has 15 heavy (non-hydrogen) atoms. The van der Waals surface area contributed by atoms with Gasteiger partial charge in [0.25, 0.3) is 5.95 Å². The number of carbonyl (C=O) groups excluding carboxylic acids is 1. The molecule has 1 aromatic rings. The molecule has 0 atom stereocenters. The van der Waals surface area contributed by atoms with Gasteiger partial charge < -0.3 is 14.6 Å². The molecular formula is C10H12O5. The van der Waals surface area contributed by atoms with Crippen LogP contribution in [0.1, 0.15) is 36.5 Å². The zero-order chi connectivity index (χ0) is 11.4. The van der Waals surface area contributed by atoms with Gasteiger partial charge in [-0.15, -0.1) is 0 Å². The van der Waals surface area contributed by atoms with E-state index in [4.69, 9.17) is 5.11 Å². The summed E-state index contributed by atoms with van der Waals surface area (Å²) < 4.78 is 4.31. The van der Waals surface area contributed by atoms with Crippen molar-refractivity contribution in [2.45, 2.75) is 26.2 Å². The summed E-state index contributed by atoms with van der Waals surface area (Å²) in [7, 11) is 0. The molecule has 0 spiro atoms. The van der Waals surface area contributed by atoms with Crippen LogP contribution in [0.3, 0.4) is 0 Å². The van der Waals surface area contributed by atoms with Crippen LogP contribution in [0.25, 0.3) is 0 Å². The lowest BCUT2D eigenvalue weighted by molar-refractivity contribution is 0.0972. The fourth-order valence-corrected chi connectivity index (χ4v) is 1.19. The molecular weight excluding hydrogens is 200 g/mol. The van der Waals surface area contributed by atoms with Crippen molar-refractivity contribution in [3.8, 4) is 11.7 Å². The van der Waals surface area contributed by atoms with Crippen LogP contribution in [0.4, 0.5) is 0 Å². The van der Waals surface area contributed by atoms with Gasteiger partial charge in [0.1, 0.15) is 11.3 Å². The van der Waals surface area contributed by atoms with Gasteiger partial charge in [0.15, 0.2) is 5.78 Å². The molecule has 0 radical (unpaired) electrons. The molecule has 0 bridgehead atoms. The number of Topliss-reactive ketones (excluding diaryl/α,β-unsaturated/α-hetero) is 1. The van der Waals surface area contributed by atoms with Crippen LogP contribution in [0, 0.1) is 0 Å². The molecule has 82 valence electrons. The Hall–Kier alpha value is -1.78. The second-order valence-electron chi connectivity index (χ2n) is 3.16. The van der Waals surface area contributed by atoms with Crippen LogP contribution < -0.4 is 5.63 Å². The summed E-state index contributed by atoms with van der Waals surface area (Å²) in [4.78, 5) is 22.6. The van der Waals surface area contributed by atoms with E-state index in [1.54, 1.807) is 0 Å². The van der Waals surface area contributed by atoms with Gasteiger partial charge in [0.05, 0.1) is 6.07 Å². The van der Waals surface area contributed by atoms with E-state index in [0.29, 0.717) is 6.42 Å². The first kappa shape index (κ1) is 11.3. The van der Waals surface area contributed by atoms with Gasteiger partial charge in [-0.2, -0.15) is 0 Å². The maximum Gasteiger partial charge on any atom is 0.353 e. The number of carbonyl (C=O) groups is 1. The zero-order valence-electron chi connectivity index (χ0n) is 8.32. The highest BCUT2D eigenvalue weighted by Gasteiger charge is 2.17. The second kappa shape index (κ2) is 4.63. The van der Waals surface area contributed by atoms with Gasteiger partial charge in [-0.05, 0) is 6.42 Å². The Morgan fingerprint density at radius 3 is 2.67 bits per heavy atom. The van der Waals surface area contributed by atoms with Crippen LogP contribution in [0.5, 0.6) is 11.7 Å². The molecule has 0 aliphatic carbocycles. The maximum absolute atomic E-state index is 11.5. The number of rotatable bonds is 4. The van der Waals surface area contributed by atoms with Crippen LogP contribution in [-0.4, -0.2) is 16.0 Å². The first-order valence-corrected chi connectivity index (χ1v) is 4.65. The number of hydrogen-bond donors (Lipinski definition) is 2. The van der Waals surface area contributed by atoms with Crippen LogP contribution in [0.2, 0.25) is 0 Å². The van der Waals surface area contributed by atoms with Crippen LogP contribution in [-0.2, 0) is 0 Å². The minimum Gasteiger partial charge on any atom is -0.507 e. The Morgan fingerprint density at radius 2 is 2.13 bits per heavy atom. The van der Waals surface area contributed by atoms with E-state index in [2.05, 4.69) is 4.42 Å². The zero-order valence-corrected chi connectivity index (χ0v) is 8.32. The van der Waals surface area contributed by atoms with Crippen molar-refractivity contribution in [2.24, 2.45) is 0 Å². The van der Waals surface area contributed by atoms with E-state index < -0.39 is 23.1 Å². The molecule has 0 aliphatic heterocycles. The monoisotopic (exact) mass is 212 g/mol. The van der Waals surface area contributed by atoms with Crippen LogP contribution >= 0.6 is 0 Å². The van der Waals surface area contributed by atoms with Crippen molar-refractivity contribution in [1.82, 2.24) is 0 Å². The summed E-state index contributed by atoms with van der Waals surface area (Å²) in [6.45, 7) is 1.91. The summed E-state index contributed by atoms with van der Waals surface area (Å²) in [6, 6.07) is 0.834. The first-order chi connectivity index (χ1) is 7.06. The van der Waals surface area contributed by atoms with E-state index in [1.165, 1.54) is 0 Å². The van der Waals surface area contributed by atoms with Gasteiger partial charge in [-0.3, -0.25) is 4.79 Å². The minimum atomic E-state index is -1.01. The molecule has 0 unspecified atom stereocenters. The number of unbranched alkanes of at least 4 members (excludes halogenated alkanes) is 1. The molecule has 0 aromatic carbocycles. The Bertz CT molecular complexity index is 418. The van der Waals surface area contributed by atoms with Crippen molar-refractivity contribution in [2.75, 3.05) is 0 Å². The van der Waals surface area contributed by atoms with Crippen molar-refractivity contribution >= 4 is 5.78 Å². The van der Waals surface area contributed by atoms with E-state index in [0.717, 1.165) is 12.5 Å². The summed E-state index contributed by atoms with van der Waals surface area (Å²) in [5.74, 6) is -1.71. The van der Waals surface area contributed by atoms with Crippen molar-refractivity contribution in [3.63, 3.8) is 0 Å². The Labute approximate surface area is 86.0 Å². The van der Waals surface area contributed by atoms with Crippen molar-refractivity contribution in [3.05, 3.63) is 22.0 Å².